The Labute approximate surface area is 187 Å². The minimum atomic E-state index is -3.93. The minimum Gasteiger partial charge on any atom is -0.497 e. The molecular weight excluding hydrogens is 440 g/mol. The highest BCUT2D eigenvalue weighted by molar-refractivity contribution is 7.92. The number of hydrogen-bond donors (Lipinski definition) is 1. The van der Waals surface area contributed by atoms with Gasteiger partial charge in [0, 0.05) is 29.8 Å². The van der Waals surface area contributed by atoms with Crippen molar-refractivity contribution < 1.29 is 22.7 Å². The number of carbonyl (C=O) groups is 1. The standard InChI is InChI=1S/C22H25ClN2O5S/c1-13-9-15-10-17(7-8-19(15)25(13)22(26)14-5-4-6-14)31(27,28)24-21-18(23)11-16(29-2)12-20(21)30-3/h7-8,10-14,24H,4-6,9H2,1-3H3. The van der Waals surface area contributed by atoms with E-state index in [-0.39, 0.29) is 39.2 Å². The van der Waals surface area contributed by atoms with Gasteiger partial charge < -0.3 is 14.4 Å². The van der Waals surface area contributed by atoms with E-state index in [4.69, 9.17) is 21.1 Å². The molecule has 7 nitrogen and oxygen atoms in total. The number of methoxy groups -OCH3 is 2. The normalized spacial score (nSPS) is 18.3. The molecule has 4 rings (SSSR count). The van der Waals surface area contributed by atoms with Gasteiger partial charge in [-0.15, -0.1) is 0 Å². The van der Waals surface area contributed by atoms with Crippen molar-refractivity contribution >= 4 is 38.9 Å². The number of anilines is 2. The van der Waals surface area contributed by atoms with Crippen LogP contribution in [0.5, 0.6) is 11.5 Å². The molecule has 1 fully saturated rings. The van der Waals surface area contributed by atoms with E-state index in [0.29, 0.717) is 12.2 Å². The van der Waals surface area contributed by atoms with Crippen molar-refractivity contribution in [1.29, 1.82) is 0 Å². The van der Waals surface area contributed by atoms with Crippen LogP contribution in [0.4, 0.5) is 11.4 Å². The zero-order chi connectivity index (χ0) is 22.3. The summed E-state index contributed by atoms with van der Waals surface area (Å²) in [4.78, 5) is 14.8. The number of ether oxygens (including phenoxy) is 2. The zero-order valence-electron chi connectivity index (χ0n) is 17.6. The molecule has 2 aromatic rings. The first-order chi connectivity index (χ1) is 14.7. The summed E-state index contributed by atoms with van der Waals surface area (Å²) in [5, 5.41) is 0.159. The van der Waals surface area contributed by atoms with Gasteiger partial charge >= 0.3 is 0 Å². The van der Waals surface area contributed by atoms with E-state index >= 15 is 0 Å². The maximum Gasteiger partial charge on any atom is 0.262 e. The van der Waals surface area contributed by atoms with Crippen LogP contribution in [0.3, 0.4) is 0 Å². The average Bonchev–Trinajstić information content (AvgIpc) is 3.02. The van der Waals surface area contributed by atoms with Gasteiger partial charge in [0.25, 0.3) is 10.0 Å². The molecule has 0 aromatic heterocycles. The Morgan fingerprint density at radius 2 is 1.90 bits per heavy atom. The molecule has 1 aliphatic carbocycles. The van der Waals surface area contributed by atoms with Gasteiger partial charge in [0.05, 0.1) is 24.1 Å². The number of hydrogen-bond acceptors (Lipinski definition) is 5. The third-order valence-electron chi connectivity index (χ3n) is 5.99. The summed E-state index contributed by atoms with van der Waals surface area (Å²) in [7, 11) is -1.02. The number of fused-ring (bicyclic) bond motifs is 1. The van der Waals surface area contributed by atoms with Gasteiger partial charge in [0.15, 0.2) is 0 Å². The second-order valence-electron chi connectivity index (χ2n) is 7.97. The molecule has 31 heavy (non-hydrogen) atoms. The number of nitrogens with one attached hydrogen (secondary N) is 1. The van der Waals surface area contributed by atoms with Gasteiger partial charge in [-0.2, -0.15) is 0 Å². The van der Waals surface area contributed by atoms with Gasteiger partial charge in [0.2, 0.25) is 5.91 Å². The molecule has 1 aliphatic heterocycles. The molecule has 9 heteroatoms. The number of halogens is 1. The van der Waals surface area contributed by atoms with Gasteiger partial charge in [-0.1, -0.05) is 18.0 Å². The van der Waals surface area contributed by atoms with Gasteiger partial charge in [-0.3, -0.25) is 9.52 Å². The second-order valence-corrected chi connectivity index (χ2v) is 10.1. The largest absolute Gasteiger partial charge is 0.497 e. The predicted octanol–water partition coefficient (Wildman–Crippen LogP) is 4.24. The summed E-state index contributed by atoms with van der Waals surface area (Å²) in [6.45, 7) is 1.99. The number of nitrogens with zero attached hydrogens (tertiary/aromatic N) is 1. The fourth-order valence-electron chi connectivity index (χ4n) is 4.09. The van der Waals surface area contributed by atoms with E-state index in [9.17, 15) is 13.2 Å². The van der Waals surface area contributed by atoms with Crippen molar-refractivity contribution in [3.8, 4) is 11.5 Å². The molecule has 0 radical (unpaired) electrons. The monoisotopic (exact) mass is 464 g/mol. The molecule has 1 atom stereocenters. The van der Waals surface area contributed by atoms with E-state index < -0.39 is 10.0 Å². The Morgan fingerprint density at radius 3 is 2.52 bits per heavy atom. The maximum absolute atomic E-state index is 13.1. The first-order valence-electron chi connectivity index (χ1n) is 10.2. The molecule has 0 bridgehead atoms. The Kier molecular flexibility index (Phi) is 5.79. The third-order valence-corrected chi connectivity index (χ3v) is 7.63. The van der Waals surface area contributed by atoms with Crippen LogP contribution in [-0.4, -0.2) is 34.6 Å². The van der Waals surface area contributed by atoms with Crippen LogP contribution >= 0.6 is 11.6 Å². The lowest BCUT2D eigenvalue weighted by molar-refractivity contribution is -0.125. The molecule has 166 valence electrons. The van der Waals surface area contributed by atoms with E-state index in [1.807, 2.05) is 11.8 Å². The summed E-state index contributed by atoms with van der Waals surface area (Å²) in [6.07, 6.45) is 3.56. The van der Waals surface area contributed by atoms with Crippen LogP contribution in [-0.2, 0) is 21.2 Å². The highest BCUT2D eigenvalue weighted by atomic mass is 35.5. The quantitative estimate of drug-likeness (QED) is 0.691. The van der Waals surface area contributed by atoms with Crippen molar-refractivity contribution in [3.63, 3.8) is 0 Å². The van der Waals surface area contributed by atoms with Crippen LogP contribution in [0.1, 0.15) is 31.7 Å². The second kappa shape index (κ2) is 8.24. The topological polar surface area (TPSA) is 84.9 Å². The smallest absolute Gasteiger partial charge is 0.262 e. The van der Waals surface area contributed by atoms with Gasteiger partial charge in [-0.25, -0.2) is 8.42 Å². The van der Waals surface area contributed by atoms with Crippen molar-refractivity contribution in [2.45, 2.75) is 43.5 Å². The Bertz CT molecular complexity index is 1130. The van der Waals surface area contributed by atoms with Crippen LogP contribution in [0.25, 0.3) is 0 Å². The number of carbonyl (C=O) groups excluding carboxylic acids is 1. The fourth-order valence-corrected chi connectivity index (χ4v) is 5.54. The van der Waals surface area contributed by atoms with Crippen molar-refractivity contribution in [3.05, 3.63) is 40.9 Å². The molecule has 0 saturated heterocycles. The molecule has 1 saturated carbocycles. The molecule has 1 amide bonds. The summed E-state index contributed by atoms with van der Waals surface area (Å²) in [5.41, 5.74) is 1.78. The number of amides is 1. The highest BCUT2D eigenvalue weighted by Crippen LogP contribution is 2.40. The van der Waals surface area contributed by atoms with Crippen LogP contribution in [0, 0.1) is 5.92 Å². The van der Waals surface area contributed by atoms with E-state index in [0.717, 1.165) is 30.5 Å². The van der Waals surface area contributed by atoms with E-state index in [1.54, 1.807) is 18.2 Å². The lowest BCUT2D eigenvalue weighted by Crippen LogP contribution is -2.42. The fraction of sp³-hybridized carbons (Fsp3) is 0.409. The Hall–Kier alpha value is -2.45. The summed E-state index contributed by atoms with van der Waals surface area (Å²) >= 11 is 6.27. The van der Waals surface area contributed by atoms with E-state index in [1.165, 1.54) is 26.4 Å². The van der Waals surface area contributed by atoms with Gasteiger partial charge in [0.1, 0.15) is 17.2 Å². The summed E-state index contributed by atoms with van der Waals surface area (Å²) in [6, 6.07) is 7.94. The average molecular weight is 465 g/mol. The molecule has 0 spiro atoms. The molecular formula is C22H25ClN2O5S. The third kappa shape index (κ3) is 3.94. The first kappa shape index (κ1) is 21.8. The van der Waals surface area contributed by atoms with E-state index in [2.05, 4.69) is 4.72 Å². The van der Waals surface area contributed by atoms with Crippen LogP contribution in [0.2, 0.25) is 5.02 Å². The lowest BCUT2D eigenvalue weighted by atomic mass is 9.84. The number of rotatable bonds is 6. The SMILES string of the molecule is COc1cc(Cl)c(NS(=O)(=O)c2ccc3c(c2)CC(C)N3C(=O)C2CCC2)c(OC)c1. The minimum absolute atomic E-state index is 0.00476. The Morgan fingerprint density at radius 1 is 1.16 bits per heavy atom. The molecule has 2 aliphatic rings. The first-order valence-corrected chi connectivity index (χ1v) is 12.0. The zero-order valence-corrected chi connectivity index (χ0v) is 19.2. The maximum atomic E-state index is 13.1. The predicted molar refractivity (Wildman–Crippen MR) is 120 cm³/mol. The van der Waals surface area contributed by atoms with Crippen LogP contribution in [0.15, 0.2) is 35.2 Å². The van der Waals surface area contributed by atoms with Gasteiger partial charge in [-0.05, 0) is 49.9 Å². The highest BCUT2D eigenvalue weighted by Gasteiger charge is 2.37. The summed E-state index contributed by atoms with van der Waals surface area (Å²) < 4.78 is 39.2. The van der Waals surface area contributed by atoms with Crippen molar-refractivity contribution in [2.75, 3.05) is 23.8 Å². The molecule has 2 aromatic carbocycles. The summed E-state index contributed by atoms with van der Waals surface area (Å²) in [5.74, 6) is 0.927. The Balaban J connectivity index is 1.64. The molecule has 1 N–H and O–H groups in total. The molecule has 1 heterocycles. The molecule has 1 unspecified atom stereocenters. The number of sulfonamides is 1. The lowest BCUT2D eigenvalue weighted by Gasteiger charge is -2.32. The number of benzene rings is 2. The van der Waals surface area contributed by atoms with Crippen molar-refractivity contribution in [2.24, 2.45) is 5.92 Å². The van der Waals surface area contributed by atoms with Crippen LogP contribution < -0.4 is 19.1 Å². The van der Waals surface area contributed by atoms with Crippen molar-refractivity contribution in [1.82, 2.24) is 0 Å².